The van der Waals surface area contributed by atoms with Crippen molar-refractivity contribution >= 4 is 46.5 Å². The number of nitrogens with zero attached hydrogens (tertiary/aromatic N) is 2. The van der Waals surface area contributed by atoms with Crippen LogP contribution in [0.2, 0.25) is 0 Å². The van der Waals surface area contributed by atoms with Crippen molar-refractivity contribution in [3.05, 3.63) is 35.4 Å². The summed E-state index contributed by atoms with van der Waals surface area (Å²) >= 11 is 1.14. The highest BCUT2D eigenvalue weighted by Crippen LogP contribution is 2.31. The van der Waals surface area contributed by atoms with Crippen molar-refractivity contribution in [2.75, 3.05) is 20.1 Å². The normalized spacial score (nSPS) is 18.9. The first-order chi connectivity index (χ1) is 15.1. The summed E-state index contributed by atoms with van der Waals surface area (Å²) in [5.74, 6) is -2.73. The van der Waals surface area contributed by atoms with Crippen LogP contribution in [-0.2, 0) is 14.4 Å². The van der Waals surface area contributed by atoms with Crippen molar-refractivity contribution in [1.82, 2.24) is 15.5 Å². The quantitative estimate of drug-likeness (QED) is 0.260. The largest absolute Gasteiger partial charge is 0.481 e. The maximum Gasteiger partial charge on any atom is 0.305 e. The molecule has 11 nitrogen and oxygen atoms in total. The molecule has 1 aliphatic heterocycles. The van der Waals surface area contributed by atoms with Crippen LogP contribution in [0.5, 0.6) is 0 Å². The van der Waals surface area contributed by atoms with Gasteiger partial charge in [-0.2, -0.15) is 4.99 Å². The van der Waals surface area contributed by atoms with Crippen molar-refractivity contribution in [1.29, 1.82) is 5.41 Å². The van der Waals surface area contributed by atoms with E-state index in [-0.39, 0.29) is 43.7 Å². The van der Waals surface area contributed by atoms with Crippen molar-refractivity contribution in [2.45, 2.75) is 31.1 Å². The van der Waals surface area contributed by atoms with E-state index >= 15 is 0 Å². The monoisotopic (exact) mass is 463 g/mol. The van der Waals surface area contributed by atoms with Crippen LogP contribution < -0.4 is 10.6 Å². The van der Waals surface area contributed by atoms with Gasteiger partial charge in [0.25, 0.3) is 5.91 Å². The van der Waals surface area contributed by atoms with Gasteiger partial charge < -0.3 is 25.7 Å². The minimum Gasteiger partial charge on any atom is -0.481 e. The first-order valence-corrected chi connectivity index (χ1v) is 10.6. The lowest BCUT2D eigenvalue weighted by atomic mass is 10.1. The van der Waals surface area contributed by atoms with Crippen molar-refractivity contribution in [3.8, 4) is 0 Å². The maximum absolute atomic E-state index is 12.6. The Morgan fingerprint density at radius 1 is 1.03 bits per heavy atom. The first-order valence-electron chi connectivity index (χ1n) is 9.76. The van der Waals surface area contributed by atoms with E-state index in [1.807, 2.05) is 6.92 Å². The molecule has 0 bridgehead atoms. The van der Waals surface area contributed by atoms with Crippen LogP contribution in [0.15, 0.2) is 29.3 Å². The van der Waals surface area contributed by atoms with Crippen LogP contribution in [0.1, 0.15) is 35.7 Å². The molecule has 0 aromatic heterocycles. The molecule has 1 aromatic carbocycles. The predicted molar refractivity (Wildman–Crippen MR) is 119 cm³/mol. The number of amides is 2. The summed E-state index contributed by atoms with van der Waals surface area (Å²) in [4.78, 5) is 51.9. The summed E-state index contributed by atoms with van der Waals surface area (Å²) in [5, 5.41) is 30.4. The van der Waals surface area contributed by atoms with Crippen LogP contribution in [0.3, 0.4) is 0 Å². The molecule has 1 saturated heterocycles. The number of aliphatic carboxylic acids is 2. The number of rotatable bonds is 9. The second kappa shape index (κ2) is 11.3. The number of aliphatic imine (C=N–C) groups is 1. The molecule has 0 radical (unpaired) electrons. The Kier molecular flexibility index (Phi) is 8.76. The molecule has 1 aliphatic rings. The van der Waals surface area contributed by atoms with E-state index in [2.05, 4.69) is 15.6 Å². The smallest absolute Gasteiger partial charge is 0.305 e. The number of amidine groups is 2. The summed E-state index contributed by atoms with van der Waals surface area (Å²) in [5.41, 5.74) is 0.800. The molecule has 0 aliphatic carbocycles. The predicted octanol–water partition coefficient (Wildman–Crippen LogP) is 0.599. The second-order valence-corrected chi connectivity index (χ2v) is 8.16. The van der Waals surface area contributed by atoms with Gasteiger partial charge >= 0.3 is 11.9 Å². The molecule has 32 heavy (non-hydrogen) atoms. The van der Waals surface area contributed by atoms with E-state index < -0.39 is 23.1 Å². The Hall–Kier alpha value is -3.41. The zero-order valence-corrected chi connectivity index (χ0v) is 18.4. The average Bonchev–Trinajstić information content (AvgIpc) is 3.01. The van der Waals surface area contributed by atoms with E-state index in [1.54, 1.807) is 24.1 Å². The number of carboxylic acids is 2. The SMILES string of the molecule is CC1C(C(=O)NCCC(=O)O)SC(=NC(=O)c2ccc(C(=N)NCCC(=O)O)cc2)N1C. The highest BCUT2D eigenvalue weighted by atomic mass is 32.2. The summed E-state index contributed by atoms with van der Waals surface area (Å²) in [6, 6.07) is 5.94. The van der Waals surface area contributed by atoms with Gasteiger partial charge in [-0.05, 0) is 19.1 Å². The van der Waals surface area contributed by atoms with E-state index in [0.717, 1.165) is 11.8 Å². The molecule has 0 spiro atoms. The molecule has 0 saturated carbocycles. The zero-order chi connectivity index (χ0) is 23.8. The Labute approximate surface area is 188 Å². The number of thioether (sulfide) groups is 1. The summed E-state index contributed by atoms with van der Waals surface area (Å²) in [6.45, 7) is 1.97. The summed E-state index contributed by atoms with van der Waals surface area (Å²) in [7, 11) is 1.72. The van der Waals surface area contributed by atoms with Gasteiger partial charge in [-0.3, -0.25) is 24.6 Å². The molecule has 12 heteroatoms. The fourth-order valence-corrected chi connectivity index (χ4v) is 4.04. The van der Waals surface area contributed by atoms with Crippen molar-refractivity contribution in [3.63, 3.8) is 0 Å². The molecule has 1 fully saturated rings. The lowest BCUT2D eigenvalue weighted by Gasteiger charge is -2.19. The van der Waals surface area contributed by atoms with Crippen LogP contribution in [0.25, 0.3) is 0 Å². The fraction of sp³-hybridized carbons (Fsp3) is 0.400. The van der Waals surface area contributed by atoms with Gasteiger partial charge in [-0.1, -0.05) is 23.9 Å². The standard InChI is InChI=1S/C20H25N5O6S/c1-11-16(19(31)23-10-8-15(28)29)32-20(25(11)2)24-18(30)13-5-3-12(4-6-13)17(21)22-9-7-14(26)27/h3-6,11,16H,7-10H2,1-2H3,(H2,21,22)(H,23,31)(H,26,27)(H,28,29). The fourth-order valence-electron chi connectivity index (χ4n) is 2.77. The van der Waals surface area contributed by atoms with Crippen molar-refractivity contribution < 1.29 is 29.4 Å². The summed E-state index contributed by atoms with van der Waals surface area (Å²) < 4.78 is 0. The Balaban J connectivity index is 2.00. The minimum atomic E-state index is -1.00. The lowest BCUT2D eigenvalue weighted by Crippen LogP contribution is -2.41. The van der Waals surface area contributed by atoms with Crippen LogP contribution in [-0.4, -0.2) is 81.3 Å². The van der Waals surface area contributed by atoms with Gasteiger partial charge in [0.1, 0.15) is 11.1 Å². The third kappa shape index (κ3) is 6.80. The van der Waals surface area contributed by atoms with E-state index in [0.29, 0.717) is 16.3 Å². The molecule has 1 heterocycles. The highest BCUT2D eigenvalue weighted by Gasteiger charge is 2.39. The molecular formula is C20H25N5O6S. The van der Waals surface area contributed by atoms with Gasteiger partial charge in [-0.25, -0.2) is 0 Å². The molecule has 2 unspecified atom stereocenters. The number of carboxylic acid groups (broad SMARTS) is 2. The van der Waals surface area contributed by atoms with Gasteiger partial charge in [0.15, 0.2) is 5.17 Å². The zero-order valence-electron chi connectivity index (χ0n) is 17.6. The van der Waals surface area contributed by atoms with Crippen molar-refractivity contribution in [2.24, 2.45) is 4.99 Å². The number of carbonyl (C=O) groups excluding carboxylic acids is 2. The first kappa shape index (κ1) is 24.9. The number of hydrogen-bond acceptors (Lipinski definition) is 6. The number of nitrogens with one attached hydrogen (secondary N) is 3. The maximum atomic E-state index is 12.6. The summed E-state index contributed by atoms with van der Waals surface area (Å²) in [6.07, 6.45) is -0.284. The van der Waals surface area contributed by atoms with Gasteiger partial charge in [0.05, 0.1) is 12.8 Å². The number of benzene rings is 1. The second-order valence-electron chi connectivity index (χ2n) is 7.05. The average molecular weight is 464 g/mol. The van der Waals surface area contributed by atoms with E-state index in [4.69, 9.17) is 15.6 Å². The third-order valence-corrected chi connectivity index (χ3v) is 6.19. The molecule has 2 amide bonds. The molecule has 2 atom stereocenters. The van der Waals surface area contributed by atoms with E-state index in [1.165, 1.54) is 12.1 Å². The number of carbonyl (C=O) groups is 4. The lowest BCUT2D eigenvalue weighted by molar-refractivity contribution is -0.138. The molecule has 172 valence electrons. The third-order valence-electron chi connectivity index (χ3n) is 4.74. The van der Waals surface area contributed by atoms with Gasteiger partial charge in [-0.15, -0.1) is 0 Å². The molecule has 1 aromatic rings. The van der Waals surface area contributed by atoms with Crippen LogP contribution in [0.4, 0.5) is 0 Å². The Morgan fingerprint density at radius 3 is 2.12 bits per heavy atom. The molecular weight excluding hydrogens is 438 g/mol. The molecule has 2 rings (SSSR count). The van der Waals surface area contributed by atoms with Crippen LogP contribution >= 0.6 is 11.8 Å². The van der Waals surface area contributed by atoms with Crippen LogP contribution in [0, 0.1) is 5.41 Å². The topological polar surface area (TPSA) is 172 Å². The van der Waals surface area contributed by atoms with E-state index in [9.17, 15) is 19.2 Å². The highest BCUT2D eigenvalue weighted by molar-refractivity contribution is 8.15. The Morgan fingerprint density at radius 2 is 1.56 bits per heavy atom. The number of hydrogen-bond donors (Lipinski definition) is 5. The Bertz CT molecular complexity index is 933. The van der Waals surface area contributed by atoms with Gasteiger partial charge in [0, 0.05) is 37.3 Å². The van der Waals surface area contributed by atoms with Gasteiger partial charge in [0.2, 0.25) is 5.91 Å². The molecule has 5 N–H and O–H groups in total. The minimum absolute atomic E-state index is 0.0274.